The summed E-state index contributed by atoms with van der Waals surface area (Å²) in [5.41, 5.74) is -1.64. The first-order valence-electron chi connectivity index (χ1n) is 11.8. The minimum Gasteiger partial charge on any atom is -0.393 e. The van der Waals surface area contributed by atoms with Crippen LogP contribution in [0.2, 0.25) is 0 Å². The maximum absolute atomic E-state index is 13.3. The summed E-state index contributed by atoms with van der Waals surface area (Å²) in [7, 11) is 0. The quantitative estimate of drug-likeness (QED) is 0.434. The zero-order valence-corrected chi connectivity index (χ0v) is 20.1. The molecule has 0 aromatic carbocycles. The van der Waals surface area contributed by atoms with E-state index < -0.39 is 46.5 Å². The van der Waals surface area contributed by atoms with Crippen molar-refractivity contribution in [2.75, 3.05) is 0 Å². The summed E-state index contributed by atoms with van der Waals surface area (Å²) in [6, 6.07) is 0. The van der Waals surface area contributed by atoms with Gasteiger partial charge in [-0.1, -0.05) is 32.1 Å². The second-order valence-corrected chi connectivity index (χ2v) is 11.4. The molecule has 176 valence electrons. The van der Waals surface area contributed by atoms with E-state index in [0.717, 1.165) is 57.8 Å². The Labute approximate surface area is 186 Å². The lowest BCUT2D eigenvalue weighted by Crippen LogP contribution is -2.44. The van der Waals surface area contributed by atoms with Crippen molar-refractivity contribution < 1.29 is 28.7 Å². The van der Waals surface area contributed by atoms with Crippen LogP contribution in [-0.2, 0) is 28.7 Å². The number of carbonyl (C=O) groups excluding carboxylic acids is 4. The van der Waals surface area contributed by atoms with E-state index >= 15 is 0 Å². The largest absolute Gasteiger partial charge is 0.393 e. The average molecular weight is 437 g/mol. The molecular formula is C25H40O6. The zero-order chi connectivity index (χ0) is 23.4. The molecule has 0 bridgehead atoms. The van der Waals surface area contributed by atoms with Crippen molar-refractivity contribution >= 4 is 23.9 Å². The first kappa shape index (κ1) is 25.5. The predicted molar refractivity (Wildman–Crippen MR) is 117 cm³/mol. The maximum Gasteiger partial charge on any atom is 0.318 e. The molecule has 2 atom stereocenters. The third-order valence-corrected chi connectivity index (χ3v) is 6.61. The fourth-order valence-electron chi connectivity index (χ4n) is 4.70. The first-order chi connectivity index (χ1) is 14.3. The Bertz CT molecular complexity index is 669. The summed E-state index contributed by atoms with van der Waals surface area (Å²) in [4.78, 5) is 51.6. The molecule has 0 amide bonds. The number of ether oxygens (including phenoxy) is 2. The van der Waals surface area contributed by atoms with Crippen molar-refractivity contribution in [3.05, 3.63) is 0 Å². The Hall–Kier alpha value is -1.72. The normalized spacial score (nSPS) is 20.7. The second-order valence-electron chi connectivity index (χ2n) is 11.4. The van der Waals surface area contributed by atoms with Gasteiger partial charge >= 0.3 is 23.9 Å². The molecule has 2 aliphatic carbocycles. The number of carbonyl (C=O) groups is 4. The Morgan fingerprint density at radius 1 is 0.581 bits per heavy atom. The maximum atomic E-state index is 13.3. The van der Waals surface area contributed by atoms with E-state index in [2.05, 4.69) is 0 Å². The highest BCUT2D eigenvalue weighted by Crippen LogP contribution is 2.43. The summed E-state index contributed by atoms with van der Waals surface area (Å²) in [5.74, 6) is -4.05. The Morgan fingerprint density at radius 3 is 1.16 bits per heavy atom. The van der Waals surface area contributed by atoms with Crippen molar-refractivity contribution in [3.63, 3.8) is 0 Å². The standard InChI is InChI=1S/C25H40O6/c1-24(2,3)22(28)30-20(26)18(16-12-8-7-9-13-16)19(17-14-10-11-15-17)21(27)31-23(29)25(4,5)6/h16-19H,7-15H2,1-6H3. The third kappa shape index (κ3) is 6.88. The SMILES string of the molecule is CC(C)(C)C(=O)OC(=O)C(C1CCCCC1)C(C(=O)OC(=O)C(C)(C)C)C1CCCC1. The lowest BCUT2D eigenvalue weighted by molar-refractivity contribution is -0.180. The molecule has 31 heavy (non-hydrogen) atoms. The van der Waals surface area contributed by atoms with Crippen molar-refractivity contribution in [1.82, 2.24) is 0 Å². The van der Waals surface area contributed by atoms with Gasteiger partial charge in [0.25, 0.3) is 0 Å². The van der Waals surface area contributed by atoms with Gasteiger partial charge in [0.15, 0.2) is 0 Å². The van der Waals surface area contributed by atoms with Crippen molar-refractivity contribution in [2.45, 2.75) is 99.3 Å². The molecule has 2 unspecified atom stereocenters. The monoisotopic (exact) mass is 436 g/mol. The van der Waals surface area contributed by atoms with Crippen molar-refractivity contribution in [1.29, 1.82) is 0 Å². The highest BCUT2D eigenvalue weighted by molar-refractivity contribution is 5.94. The van der Waals surface area contributed by atoms with Gasteiger partial charge in [-0.2, -0.15) is 0 Å². The van der Waals surface area contributed by atoms with Crippen LogP contribution in [0.15, 0.2) is 0 Å². The Balaban J connectivity index is 2.37. The van der Waals surface area contributed by atoms with Gasteiger partial charge in [-0.15, -0.1) is 0 Å². The molecule has 0 aromatic rings. The van der Waals surface area contributed by atoms with Crippen LogP contribution in [0.25, 0.3) is 0 Å². The van der Waals surface area contributed by atoms with Crippen LogP contribution in [0.1, 0.15) is 99.3 Å². The van der Waals surface area contributed by atoms with Crippen LogP contribution in [0.4, 0.5) is 0 Å². The van der Waals surface area contributed by atoms with Crippen LogP contribution >= 0.6 is 0 Å². The molecule has 2 rings (SSSR count). The van der Waals surface area contributed by atoms with Crippen molar-refractivity contribution in [2.24, 2.45) is 34.5 Å². The van der Waals surface area contributed by atoms with Crippen molar-refractivity contribution in [3.8, 4) is 0 Å². The average Bonchev–Trinajstić information content (AvgIpc) is 3.18. The molecule has 0 N–H and O–H groups in total. The molecule has 2 fully saturated rings. The van der Waals surface area contributed by atoms with Gasteiger partial charge in [-0.25, -0.2) is 0 Å². The number of esters is 4. The molecule has 0 aliphatic heterocycles. The topological polar surface area (TPSA) is 86.7 Å². The molecule has 6 nitrogen and oxygen atoms in total. The molecule has 2 saturated carbocycles. The van der Waals surface area contributed by atoms with E-state index in [1.165, 1.54) is 0 Å². The number of hydrogen-bond acceptors (Lipinski definition) is 6. The molecule has 6 heteroatoms. The van der Waals surface area contributed by atoms with Gasteiger partial charge < -0.3 is 9.47 Å². The van der Waals surface area contributed by atoms with E-state index in [4.69, 9.17) is 9.47 Å². The molecule has 0 radical (unpaired) electrons. The fraction of sp³-hybridized carbons (Fsp3) is 0.840. The van der Waals surface area contributed by atoms with Crippen LogP contribution in [-0.4, -0.2) is 23.9 Å². The smallest absolute Gasteiger partial charge is 0.318 e. The molecule has 0 heterocycles. The molecule has 0 spiro atoms. The third-order valence-electron chi connectivity index (χ3n) is 6.61. The predicted octanol–water partition coefficient (Wildman–Crippen LogP) is 5.22. The first-order valence-corrected chi connectivity index (χ1v) is 11.8. The van der Waals surface area contributed by atoms with Crippen LogP contribution < -0.4 is 0 Å². The van der Waals surface area contributed by atoms with E-state index in [-0.39, 0.29) is 11.8 Å². The fourth-order valence-corrected chi connectivity index (χ4v) is 4.70. The van der Waals surface area contributed by atoms with Gasteiger partial charge in [0, 0.05) is 0 Å². The number of rotatable bonds is 5. The summed E-state index contributed by atoms with van der Waals surface area (Å²) in [5, 5.41) is 0. The van der Waals surface area contributed by atoms with Gasteiger partial charge in [-0.05, 0) is 79.1 Å². The van der Waals surface area contributed by atoms with E-state index in [1.54, 1.807) is 41.5 Å². The van der Waals surface area contributed by atoms with E-state index in [0.29, 0.717) is 0 Å². The van der Waals surface area contributed by atoms with Gasteiger partial charge in [0.05, 0.1) is 22.7 Å². The highest BCUT2D eigenvalue weighted by atomic mass is 16.6. The summed E-state index contributed by atoms with van der Waals surface area (Å²) >= 11 is 0. The molecule has 2 aliphatic rings. The lowest BCUT2D eigenvalue weighted by atomic mass is 9.69. The Morgan fingerprint density at radius 2 is 0.871 bits per heavy atom. The minimum atomic E-state index is -0.821. The van der Waals surface area contributed by atoms with Gasteiger partial charge in [-0.3, -0.25) is 19.2 Å². The summed E-state index contributed by atoms with van der Waals surface area (Å²) < 4.78 is 10.6. The molecule has 0 aromatic heterocycles. The minimum absolute atomic E-state index is 0.0375. The van der Waals surface area contributed by atoms with E-state index in [1.807, 2.05) is 0 Å². The lowest BCUT2D eigenvalue weighted by Gasteiger charge is -2.36. The van der Waals surface area contributed by atoms with E-state index in [9.17, 15) is 19.2 Å². The molecular weight excluding hydrogens is 396 g/mol. The van der Waals surface area contributed by atoms with Crippen LogP contribution in [0, 0.1) is 34.5 Å². The van der Waals surface area contributed by atoms with Gasteiger partial charge in [0.2, 0.25) is 0 Å². The highest BCUT2D eigenvalue weighted by Gasteiger charge is 2.48. The molecule has 0 saturated heterocycles. The van der Waals surface area contributed by atoms with Gasteiger partial charge in [0.1, 0.15) is 0 Å². The second kappa shape index (κ2) is 10.3. The summed E-state index contributed by atoms with van der Waals surface area (Å²) in [6.45, 7) is 10.2. The van der Waals surface area contributed by atoms with Crippen LogP contribution in [0.3, 0.4) is 0 Å². The Kier molecular flexibility index (Phi) is 8.46. The summed E-state index contributed by atoms with van der Waals surface area (Å²) in [6.07, 6.45) is 8.27. The van der Waals surface area contributed by atoms with Crippen LogP contribution in [0.5, 0.6) is 0 Å². The number of hydrogen-bond donors (Lipinski definition) is 0. The zero-order valence-electron chi connectivity index (χ0n) is 20.1.